The van der Waals surface area contributed by atoms with Gasteiger partial charge in [0.1, 0.15) is 0 Å². The second-order valence-electron chi connectivity index (χ2n) is 6.57. The Morgan fingerprint density at radius 3 is 2.11 bits per heavy atom. The van der Waals surface area contributed by atoms with Crippen molar-refractivity contribution in [1.29, 1.82) is 0 Å². The van der Waals surface area contributed by atoms with Gasteiger partial charge in [-0.3, -0.25) is 0 Å². The molecule has 3 rings (SSSR count). The van der Waals surface area contributed by atoms with E-state index in [9.17, 15) is 0 Å². The minimum Gasteiger partial charge on any atom is -0.317 e. The minimum absolute atomic E-state index is 0.996. The fraction of sp³-hybridized carbons (Fsp3) is 1.00. The van der Waals surface area contributed by atoms with Crippen molar-refractivity contribution in [1.82, 2.24) is 15.1 Å². The molecule has 0 amide bonds. The Kier molecular flexibility index (Phi) is 4.55. The zero-order chi connectivity index (χ0) is 12.2. The number of hydrogen-bond donors (Lipinski definition) is 1. The molecule has 0 atom stereocenters. The molecule has 0 aromatic heterocycles. The number of nitrogens with one attached hydrogen (secondary N) is 1. The quantitative estimate of drug-likeness (QED) is 0.797. The number of nitrogens with zero attached hydrogens (tertiary/aromatic N) is 2. The Labute approximate surface area is 112 Å². The van der Waals surface area contributed by atoms with Crippen molar-refractivity contribution in [3.8, 4) is 0 Å². The Hall–Kier alpha value is -0.120. The molecule has 0 aromatic rings. The van der Waals surface area contributed by atoms with Crippen molar-refractivity contribution in [3.05, 3.63) is 0 Å². The lowest BCUT2D eigenvalue weighted by molar-refractivity contribution is 0.121. The maximum atomic E-state index is 3.46. The van der Waals surface area contributed by atoms with Crippen molar-refractivity contribution in [3.63, 3.8) is 0 Å². The Morgan fingerprint density at radius 2 is 1.44 bits per heavy atom. The monoisotopic (exact) mass is 251 g/mol. The van der Waals surface area contributed by atoms with Crippen molar-refractivity contribution >= 4 is 0 Å². The smallest absolute Gasteiger partial charge is 0.0110 e. The average Bonchev–Trinajstić information content (AvgIpc) is 3.23. The highest BCUT2D eigenvalue weighted by Gasteiger charge is 2.26. The second-order valence-corrected chi connectivity index (χ2v) is 6.57. The predicted molar refractivity (Wildman–Crippen MR) is 75.8 cm³/mol. The first-order chi connectivity index (χ1) is 8.90. The molecule has 0 unspecified atom stereocenters. The molecule has 18 heavy (non-hydrogen) atoms. The van der Waals surface area contributed by atoms with Gasteiger partial charge in [0.25, 0.3) is 0 Å². The van der Waals surface area contributed by atoms with Crippen LogP contribution in [0.5, 0.6) is 0 Å². The third kappa shape index (κ3) is 3.94. The summed E-state index contributed by atoms with van der Waals surface area (Å²) in [7, 11) is 0. The zero-order valence-corrected chi connectivity index (χ0v) is 11.7. The van der Waals surface area contributed by atoms with Crippen molar-refractivity contribution < 1.29 is 0 Å². The molecule has 3 aliphatic rings. The van der Waals surface area contributed by atoms with Gasteiger partial charge in [0.15, 0.2) is 0 Å². The number of piperazine rings is 1. The summed E-state index contributed by atoms with van der Waals surface area (Å²) in [5.74, 6) is 2.06. The van der Waals surface area contributed by atoms with E-state index in [0.29, 0.717) is 0 Å². The van der Waals surface area contributed by atoms with Crippen LogP contribution in [-0.2, 0) is 0 Å². The molecule has 1 saturated carbocycles. The van der Waals surface area contributed by atoms with E-state index in [1.165, 1.54) is 84.5 Å². The van der Waals surface area contributed by atoms with Crippen molar-refractivity contribution in [2.45, 2.75) is 32.1 Å². The summed E-state index contributed by atoms with van der Waals surface area (Å²) in [6, 6.07) is 0. The van der Waals surface area contributed by atoms with Crippen LogP contribution in [0, 0.1) is 11.8 Å². The van der Waals surface area contributed by atoms with Crippen LogP contribution in [-0.4, -0.2) is 62.2 Å². The van der Waals surface area contributed by atoms with Crippen LogP contribution in [0.25, 0.3) is 0 Å². The molecular formula is C15H29N3. The molecule has 104 valence electrons. The Morgan fingerprint density at radius 1 is 0.778 bits per heavy atom. The van der Waals surface area contributed by atoms with Gasteiger partial charge in [-0.15, -0.1) is 0 Å². The first-order valence-corrected chi connectivity index (χ1v) is 8.05. The Bertz CT molecular complexity index is 238. The van der Waals surface area contributed by atoms with Gasteiger partial charge in [-0.1, -0.05) is 0 Å². The molecule has 2 heterocycles. The first kappa shape index (κ1) is 12.9. The van der Waals surface area contributed by atoms with Crippen LogP contribution < -0.4 is 5.32 Å². The molecule has 0 aromatic carbocycles. The molecule has 3 fully saturated rings. The molecule has 1 aliphatic carbocycles. The van der Waals surface area contributed by atoms with E-state index in [1.807, 2.05) is 0 Å². The van der Waals surface area contributed by atoms with Crippen LogP contribution in [0.3, 0.4) is 0 Å². The molecule has 3 nitrogen and oxygen atoms in total. The molecular weight excluding hydrogens is 222 g/mol. The van der Waals surface area contributed by atoms with Crippen LogP contribution in [0.2, 0.25) is 0 Å². The van der Waals surface area contributed by atoms with Gasteiger partial charge < -0.3 is 15.1 Å². The predicted octanol–water partition coefficient (Wildman–Crippen LogP) is 1.40. The second kappa shape index (κ2) is 6.36. The molecule has 0 spiro atoms. The number of hydrogen-bond acceptors (Lipinski definition) is 3. The summed E-state index contributed by atoms with van der Waals surface area (Å²) in [5.41, 5.74) is 0. The van der Waals surface area contributed by atoms with E-state index >= 15 is 0 Å². The van der Waals surface area contributed by atoms with Crippen LogP contribution in [0.1, 0.15) is 32.1 Å². The van der Waals surface area contributed by atoms with E-state index in [2.05, 4.69) is 15.1 Å². The first-order valence-electron chi connectivity index (χ1n) is 8.05. The van der Waals surface area contributed by atoms with Gasteiger partial charge in [-0.2, -0.15) is 0 Å². The standard InChI is InChI=1S/C15H29N3/c1-2-15(1)13-18-11-9-17(10-12-18)8-5-14-3-6-16-7-4-14/h14-16H,1-13H2. The Balaban J connectivity index is 1.29. The highest BCUT2D eigenvalue weighted by Crippen LogP contribution is 2.29. The van der Waals surface area contributed by atoms with Gasteiger partial charge in [-0.25, -0.2) is 0 Å². The lowest BCUT2D eigenvalue weighted by Crippen LogP contribution is -2.47. The molecule has 1 N–H and O–H groups in total. The summed E-state index contributed by atoms with van der Waals surface area (Å²) < 4.78 is 0. The summed E-state index contributed by atoms with van der Waals surface area (Å²) in [5, 5.41) is 3.46. The van der Waals surface area contributed by atoms with Gasteiger partial charge in [0.05, 0.1) is 0 Å². The van der Waals surface area contributed by atoms with E-state index < -0.39 is 0 Å². The van der Waals surface area contributed by atoms with Crippen molar-refractivity contribution in [2.24, 2.45) is 11.8 Å². The maximum absolute atomic E-state index is 3.46. The molecule has 3 heteroatoms. The van der Waals surface area contributed by atoms with Gasteiger partial charge in [0, 0.05) is 32.7 Å². The summed E-state index contributed by atoms with van der Waals surface area (Å²) >= 11 is 0. The van der Waals surface area contributed by atoms with Gasteiger partial charge in [-0.05, 0) is 63.6 Å². The fourth-order valence-corrected chi connectivity index (χ4v) is 3.40. The van der Waals surface area contributed by atoms with Crippen LogP contribution >= 0.6 is 0 Å². The lowest BCUT2D eigenvalue weighted by atomic mass is 9.94. The molecule has 0 bridgehead atoms. The zero-order valence-electron chi connectivity index (χ0n) is 11.7. The van der Waals surface area contributed by atoms with Gasteiger partial charge in [0.2, 0.25) is 0 Å². The van der Waals surface area contributed by atoms with Gasteiger partial charge >= 0.3 is 0 Å². The van der Waals surface area contributed by atoms with Crippen molar-refractivity contribution in [2.75, 3.05) is 52.4 Å². The van der Waals surface area contributed by atoms with E-state index in [-0.39, 0.29) is 0 Å². The van der Waals surface area contributed by atoms with E-state index in [1.54, 1.807) is 0 Å². The largest absolute Gasteiger partial charge is 0.317 e. The summed E-state index contributed by atoms with van der Waals surface area (Å²) in [6.07, 6.45) is 7.24. The number of piperidine rings is 1. The van der Waals surface area contributed by atoms with Crippen LogP contribution in [0.4, 0.5) is 0 Å². The highest BCUT2D eigenvalue weighted by molar-refractivity contribution is 4.81. The number of rotatable bonds is 5. The van der Waals surface area contributed by atoms with E-state index in [4.69, 9.17) is 0 Å². The molecule has 2 saturated heterocycles. The molecule has 0 radical (unpaired) electrons. The minimum atomic E-state index is 0.996. The average molecular weight is 251 g/mol. The SMILES string of the molecule is C1CC(CCN2CCN(CC3CC3)CC2)CCN1. The summed E-state index contributed by atoms with van der Waals surface area (Å²) in [6.45, 7) is 10.5. The van der Waals surface area contributed by atoms with E-state index in [0.717, 1.165) is 11.8 Å². The molecule has 2 aliphatic heterocycles. The normalized spacial score (nSPS) is 28.7. The summed E-state index contributed by atoms with van der Waals surface area (Å²) in [4.78, 5) is 5.39. The maximum Gasteiger partial charge on any atom is 0.0110 e. The topological polar surface area (TPSA) is 18.5 Å². The lowest BCUT2D eigenvalue weighted by Gasteiger charge is -2.35. The fourth-order valence-electron chi connectivity index (χ4n) is 3.40. The van der Waals surface area contributed by atoms with Crippen LogP contribution in [0.15, 0.2) is 0 Å². The third-order valence-electron chi connectivity index (χ3n) is 4.99. The third-order valence-corrected chi connectivity index (χ3v) is 4.99. The highest BCUT2D eigenvalue weighted by atomic mass is 15.3.